The molecular weight excluding hydrogens is 274 g/mol. The van der Waals surface area contributed by atoms with E-state index in [-0.39, 0.29) is 18.2 Å². The van der Waals surface area contributed by atoms with Gasteiger partial charge >= 0.3 is 5.97 Å². The number of amides is 1. The molecule has 1 unspecified atom stereocenters. The van der Waals surface area contributed by atoms with Crippen LogP contribution < -0.4 is 5.48 Å². The molecule has 0 bridgehead atoms. The average Bonchev–Trinajstić information content (AvgIpc) is 3.00. The maximum Gasteiger partial charge on any atom is 0.334 e. The molecule has 2 rings (SSSR count). The van der Waals surface area contributed by atoms with Crippen LogP contribution >= 0.6 is 0 Å². The molecule has 0 radical (unpaired) electrons. The van der Waals surface area contributed by atoms with Gasteiger partial charge in [-0.2, -0.15) is 0 Å². The van der Waals surface area contributed by atoms with Crippen LogP contribution in [-0.2, 0) is 23.9 Å². The minimum Gasteiger partial charge on any atom is -0.466 e. The summed E-state index contributed by atoms with van der Waals surface area (Å²) in [6.45, 7) is 0.658. The second-order valence-electron chi connectivity index (χ2n) is 4.82. The molecule has 0 aromatic heterocycles. The van der Waals surface area contributed by atoms with Gasteiger partial charge in [-0.25, -0.2) is 15.1 Å². The summed E-state index contributed by atoms with van der Waals surface area (Å²) in [4.78, 5) is 28.1. The van der Waals surface area contributed by atoms with Gasteiger partial charge in [0.25, 0.3) is 5.91 Å². The van der Waals surface area contributed by atoms with Gasteiger partial charge in [0.2, 0.25) is 0 Å². The predicted molar refractivity (Wildman–Crippen MR) is 74.8 cm³/mol. The molecule has 1 amide bonds. The van der Waals surface area contributed by atoms with Gasteiger partial charge in [-0.15, -0.1) is 0 Å². The summed E-state index contributed by atoms with van der Waals surface area (Å²) in [5, 5.41) is 0. The Morgan fingerprint density at radius 1 is 1.38 bits per heavy atom. The Kier molecular flexibility index (Phi) is 5.71. The summed E-state index contributed by atoms with van der Waals surface area (Å²) in [5.74, 6) is -0.714. The highest BCUT2D eigenvalue weighted by Gasteiger charge is 2.16. The zero-order valence-corrected chi connectivity index (χ0v) is 12.0. The highest BCUT2D eigenvalue weighted by molar-refractivity contribution is 5.91. The zero-order chi connectivity index (χ0) is 15.1. The lowest BCUT2D eigenvalue weighted by atomic mass is 10.1. The summed E-state index contributed by atoms with van der Waals surface area (Å²) in [6.07, 6.45) is 9.41. The second kappa shape index (κ2) is 7.75. The lowest BCUT2D eigenvalue weighted by molar-refractivity contribution is -0.198. The molecule has 1 heterocycles. The van der Waals surface area contributed by atoms with Crippen molar-refractivity contribution in [2.24, 2.45) is 0 Å². The minimum absolute atomic E-state index is 0.350. The standard InChI is InChI=1S/C15H19NO5/c1-19-15(18)12-7-5-11(10-12)6-8-13(17)16-21-14-4-2-3-9-20-14/h5-8,14H,2-4,9-10H2,1H3,(H,16,17)/b8-6+. The van der Waals surface area contributed by atoms with Crippen molar-refractivity contribution in [2.75, 3.05) is 13.7 Å². The van der Waals surface area contributed by atoms with Crippen molar-refractivity contribution in [3.63, 3.8) is 0 Å². The molecule has 1 saturated heterocycles. The number of allylic oxidation sites excluding steroid dienone is 4. The smallest absolute Gasteiger partial charge is 0.334 e. The van der Waals surface area contributed by atoms with E-state index in [0.29, 0.717) is 18.6 Å². The van der Waals surface area contributed by atoms with E-state index in [1.807, 2.05) is 0 Å². The van der Waals surface area contributed by atoms with Gasteiger partial charge in [-0.1, -0.05) is 18.2 Å². The van der Waals surface area contributed by atoms with Crippen LogP contribution in [0.15, 0.2) is 35.5 Å². The van der Waals surface area contributed by atoms with Crippen LogP contribution in [0.25, 0.3) is 0 Å². The fraction of sp³-hybridized carbons (Fsp3) is 0.467. The van der Waals surface area contributed by atoms with Crippen molar-refractivity contribution < 1.29 is 23.9 Å². The van der Waals surface area contributed by atoms with Crippen LogP contribution in [0.1, 0.15) is 25.7 Å². The quantitative estimate of drug-likeness (QED) is 0.473. The van der Waals surface area contributed by atoms with E-state index in [2.05, 4.69) is 10.2 Å². The third-order valence-electron chi connectivity index (χ3n) is 3.22. The van der Waals surface area contributed by atoms with Gasteiger partial charge in [0, 0.05) is 31.1 Å². The minimum atomic E-state index is -0.366. The van der Waals surface area contributed by atoms with E-state index in [9.17, 15) is 9.59 Å². The molecule has 1 aliphatic heterocycles. The molecule has 2 aliphatic rings. The van der Waals surface area contributed by atoms with Crippen LogP contribution in [0.4, 0.5) is 0 Å². The number of hydrogen-bond acceptors (Lipinski definition) is 5. The van der Waals surface area contributed by atoms with E-state index in [0.717, 1.165) is 24.8 Å². The number of methoxy groups -OCH3 is 1. The van der Waals surface area contributed by atoms with Gasteiger partial charge in [-0.05, 0) is 18.4 Å². The number of nitrogens with one attached hydrogen (secondary N) is 1. The first-order valence-corrected chi connectivity index (χ1v) is 6.92. The van der Waals surface area contributed by atoms with Crippen LogP contribution in [-0.4, -0.2) is 31.9 Å². The van der Waals surface area contributed by atoms with Crippen molar-refractivity contribution in [1.82, 2.24) is 5.48 Å². The maximum absolute atomic E-state index is 11.6. The van der Waals surface area contributed by atoms with Crippen molar-refractivity contribution in [3.05, 3.63) is 35.5 Å². The monoisotopic (exact) mass is 293 g/mol. The molecule has 6 heteroatoms. The van der Waals surface area contributed by atoms with E-state index in [4.69, 9.17) is 9.57 Å². The predicted octanol–water partition coefficient (Wildman–Crippen LogP) is 1.55. The molecule has 6 nitrogen and oxygen atoms in total. The van der Waals surface area contributed by atoms with Gasteiger partial charge in [0.05, 0.1) is 7.11 Å². The van der Waals surface area contributed by atoms with Crippen molar-refractivity contribution >= 4 is 11.9 Å². The molecule has 1 N–H and O–H groups in total. The molecular formula is C15H19NO5. The first-order chi connectivity index (χ1) is 10.2. The SMILES string of the molecule is COC(=O)C1=CC=C(/C=C/C(=O)NOC2CCCCO2)C1. The summed E-state index contributed by atoms with van der Waals surface area (Å²) in [6, 6.07) is 0. The van der Waals surface area contributed by atoms with Crippen molar-refractivity contribution in [1.29, 1.82) is 0 Å². The van der Waals surface area contributed by atoms with Gasteiger partial charge in [0.15, 0.2) is 6.29 Å². The average molecular weight is 293 g/mol. The third kappa shape index (κ3) is 4.84. The molecule has 1 fully saturated rings. The Morgan fingerprint density at radius 2 is 2.24 bits per heavy atom. The molecule has 0 aromatic rings. The Hall–Kier alpha value is -1.92. The lowest BCUT2D eigenvalue weighted by Crippen LogP contribution is -2.32. The highest BCUT2D eigenvalue weighted by Crippen LogP contribution is 2.20. The largest absolute Gasteiger partial charge is 0.466 e. The molecule has 1 aliphatic carbocycles. The van der Waals surface area contributed by atoms with Crippen LogP contribution in [0, 0.1) is 0 Å². The summed E-state index contributed by atoms with van der Waals surface area (Å²) >= 11 is 0. The number of hydroxylamine groups is 1. The molecule has 21 heavy (non-hydrogen) atoms. The first-order valence-electron chi connectivity index (χ1n) is 6.92. The second-order valence-corrected chi connectivity index (χ2v) is 4.82. The summed E-state index contributed by atoms with van der Waals surface area (Å²) in [7, 11) is 1.34. The van der Waals surface area contributed by atoms with Crippen molar-refractivity contribution in [2.45, 2.75) is 32.0 Å². The molecule has 0 spiro atoms. The maximum atomic E-state index is 11.6. The Balaban J connectivity index is 1.70. The molecule has 114 valence electrons. The van der Waals surface area contributed by atoms with Gasteiger partial charge < -0.3 is 9.47 Å². The fourth-order valence-electron chi connectivity index (χ4n) is 2.08. The number of rotatable bonds is 5. The molecule has 0 aromatic carbocycles. The topological polar surface area (TPSA) is 73.9 Å². The number of ether oxygens (including phenoxy) is 2. The van der Waals surface area contributed by atoms with Crippen molar-refractivity contribution in [3.8, 4) is 0 Å². The van der Waals surface area contributed by atoms with Crippen LogP contribution in [0.5, 0.6) is 0 Å². The fourth-order valence-corrected chi connectivity index (χ4v) is 2.08. The van der Waals surface area contributed by atoms with Gasteiger partial charge in [0.1, 0.15) is 0 Å². The normalized spacial score (nSPS) is 21.9. The number of carbonyl (C=O) groups excluding carboxylic acids is 2. The zero-order valence-electron chi connectivity index (χ0n) is 12.0. The molecule has 1 atom stereocenters. The van der Waals surface area contributed by atoms with E-state index in [1.54, 1.807) is 18.2 Å². The Morgan fingerprint density at radius 3 is 2.95 bits per heavy atom. The first kappa shape index (κ1) is 15.5. The van der Waals surface area contributed by atoms with Gasteiger partial charge in [-0.3, -0.25) is 4.79 Å². The molecule has 0 saturated carbocycles. The number of hydrogen-bond donors (Lipinski definition) is 1. The Labute approximate surface area is 123 Å². The van der Waals surface area contributed by atoms with E-state index < -0.39 is 0 Å². The summed E-state index contributed by atoms with van der Waals surface area (Å²) < 4.78 is 9.96. The third-order valence-corrected chi connectivity index (χ3v) is 3.22. The summed E-state index contributed by atoms with van der Waals surface area (Å²) in [5.41, 5.74) is 3.77. The lowest BCUT2D eigenvalue weighted by Gasteiger charge is -2.21. The van der Waals surface area contributed by atoms with E-state index >= 15 is 0 Å². The van der Waals surface area contributed by atoms with Crippen LogP contribution in [0.2, 0.25) is 0 Å². The van der Waals surface area contributed by atoms with Crippen LogP contribution in [0.3, 0.4) is 0 Å². The Bertz CT molecular complexity index is 486. The highest BCUT2D eigenvalue weighted by atomic mass is 16.8. The number of carbonyl (C=O) groups is 2. The van der Waals surface area contributed by atoms with E-state index in [1.165, 1.54) is 13.2 Å². The number of esters is 1.